The van der Waals surface area contributed by atoms with Crippen LogP contribution in [-0.2, 0) is 0 Å². The summed E-state index contributed by atoms with van der Waals surface area (Å²) >= 11 is 0. The molecule has 0 rings (SSSR count). The van der Waals surface area contributed by atoms with Gasteiger partial charge >= 0.3 is 45.0 Å². The summed E-state index contributed by atoms with van der Waals surface area (Å²) in [7, 11) is 0. The first-order valence-corrected chi connectivity index (χ1v) is 1.02. The molecule has 1 nitrogen and oxygen atoms in total. The molecule has 1 N–H and O–H groups in total. The maximum absolute atomic E-state index is 7.57. The minimum absolute atomic E-state index is 0. The molecular weight excluding hydrogens is 337 g/mol. The first kappa shape index (κ1) is 24.5. The van der Waals surface area contributed by atoms with E-state index >= 15 is 0 Å². The second-order valence-corrected chi connectivity index (χ2v) is 0.316. The van der Waals surface area contributed by atoms with Gasteiger partial charge in [-0.05, 0) is 6.92 Å². The zero-order valence-electron chi connectivity index (χ0n) is 3.62. The molecule has 36 valence electrons. The van der Waals surface area contributed by atoms with Gasteiger partial charge in [0.1, 0.15) is 0 Å². The summed E-state index contributed by atoms with van der Waals surface area (Å²) in [6, 6.07) is 0. The van der Waals surface area contributed by atoms with Gasteiger partial charge < -0.3 is 29.9 Å². The second-order valence-electron chi connectivity index (χ2n) is 0.316. The van der Waals surface area contributed by atoms with Crippen LogP contribution in [0.25, 0.3) is 0 Å². The van der Waals surface area contributed by atoms with Crippen molar-refractivity contribution in [1.29, 1.82) is 0 Å². The molecule has 0 fully saturated rings. The average molecular weight is 343 g/mol. The van der Waals surface area contributed by atoms with Gasteiger partial charge in [-0.1, -0.05) is 0 Å². The van der Waals surface area contributed by atoms with Gasteiger partial charge in [0.25, 0.3) is 0 Å². The van der Waals surface area contributed by atoms with Crippen LogP contribution in [0.4, 0.5) is 0 Å². The van der Waals surface area contributed by atoms with Crippen molar-refractivity contribution in [2.24, 2.45) is 0 Å². The van der Waals surface area contributed by atoms with Crippen LogP contribution in [0.3, 0.4) is 0 Å². The SMILES string of the molecule is CCO.[Cl-].[Cl-].[Ra+2]. The summed E-state index contributed by atoms with van der Waals surface area (Å²) in [6.45, 7) is 1.93. The van der Waals surface area contributed by atoms with E-state index in [9.17, 15) is 0 Å². The number of aliphatic hydroxyl groups is 1. The Bertz CT molecular complexity index is 11.5. The van der Waals surface area contributed by atoms with Crippen molar-refractivity contribution in [2.75, 3.05) is 6.61 Å². The van der Waals surface area contributed by atoms with Gasteiger partial charge in [-0.2, -0.15) is 0 Å². The molecule has 6 heavy (non-hydrogen) atoms. The molecule has 0 bridgehead atoms. The van der Waals surface area contributed by atoms with E-state index in [1.165, 1.54) is 0 Å². The number of hydrogen-bond donors (Lipinski definition) is 1. The van der Waals surface area contributed by atoms with Crippen LogP contribution in [0.2, 0.25) is 0 Å². The fourth-order valence-corrected chi connectivity index (χ4v) is 0. The van der Waals surface area contributed by atoms with Gasteiger partial charge in [-0.25, -0.2) is 0 Å². The van der Waals surface area contributed by atoms with E-state index in [-0.39, 0.29) is 76.4 Å². The largest absolute Gasteiger partial charge is 2.00 e. The summed E-state index contributed by atoms with van der Waals surface area (Å²) in [4.78, 5) is 0. The third kappa shape index (κ3) is 37.4. The topological polar surface area (TPSA) is 20.2 Å². The number of halogens is 2. The van der Waals surface area contributed by atoms with Crippen molar-refractivity contribution < 1.29 is 74.9 Å². The Labute approximate surface area is 87.1 Å². The summed E-state index contributed by atoms with van der Waals surface area (Å²) in [6.07, 6.45) is 0. The third-order valence-corrected chi connectivity index (χ3v) is 0. The van der Waals surface area contributed by atoms with Gasteiger partial charge in [-0.15, -0.1) is 0 Å². The monoisotopic (exact) mass is 342 g/mol. The van der Waals surface area contributed by atoms with E-state index in [1.807, 2.05) is 0 Å². The molecule has 0 aromatic rings. The molecule has 0 heterocycles. The molecule has 0 aliphatic rings. The Balaban J connectivity index is -0.00000000667. The van der Waals surface area contributed by atoms with E-state index in [1.54, 1.807) is 6.92 Å². The van der Waals surface area contributed by atoms with Crippen molar-refractivity contribution in [1.82, 2.24) is 0 Å². The number of rotatable bonds is 0. The Morgan fingerprint density at radius 3 is 1.33 bits per heavy atom. The normalized spacial score (nSPS) is 3.00. The predicted molar refractivity (Wildman–Crippen MR) is 12.8 cm³/mol. The Hall–Kier alpha value is 2.01. The minimum Gasteiger partial charge on any atom is -1.00 e. The molecular formula is C2H6Cl2ORa. The third-order valence-electron chi connectivity index (χ3n) is 0. The molecule has 0 amide bonds. The Morgan fingerprint density at radius 1 is 1.33 bits per heavy atom. The summed E-state index contributed by atoms with van der Waals surface area (Å²) in [5.41, 5.74) is 0. The summed E-state index contributed by atoms with van der Waals surface area (Å²) in [5, 5.41) is 7.57. The zero-order valence-corrected chi connectivity index (χ0v) is 10.9. The molecule has 4 heteroatoms. The summed E-state index contributed by atoms with van der Waals surface area (Å²) < 4.78 is 0. The van der Waals surface area contributed by atoms with Crippen molar-refractivity contribution >= 4 is 0 Å². The van der Waals surface area contributed by atoms with Gasteiger partial charge in [0.2, 0.25) is 0 Å². The van der Waals surface area contributed by atoms with Crippen molar-refractivity contribution in [3.05, 3.63) is 0 Å². The van der Waals surface area contributed by atoms with Gasteiger partial charge in [0, 0.05) is 6.61 Å². The molecule has 0 unspecified atom stereocenters. The van der Waals surface area contributed by atoms with E-state index in [0.717, 1.165) is 0 Å². The Morgan fingerprint density at radius 2 is 1.33 bits per heavy atom. The molecule has 0 aromatic heterocycles. The van der Waals surface area contributed by atoms with Crippen molar-refractivity contribution in [2.45, 2.75) is 6.92 Å². The standard InChI is InChI=1S/C2H6O.2ClH.Ra/c1-2-3;;;/h3H,2H2,1H3;2*1H;/q;;;+2/p-2. The van der Waals surface area contributed by atoms with Crippen molar-refractivity contribution in [3.8, 4) is 0 Å². The van der Waals surface area contributed by atoms with Gasteiger partial charge in [-0.3, -0.25) is 0 Å². The molecule has 0 saturated heterocycles. The van der Waals surface area contributed by atoms with Crippen LogP contribution >= 0.6 is 0 Å². The van der Waals surface area contributed by atoms with Crippen LogP contribution < -0.4 is 24.8 Å². The second kappa shape index (κ2) is 28.0. The summed E-state index contributed by atoms with van der Waals surface area (Å²) in [5.74, 6) is 0. The number of hydrogen-bond acceptors (Lipinski definition) is 1. The Kier molecular flexibility index (Phi) is 114. The van der Waals surface area contributed by atoms with Crippen LogP contribution in [0, 0.1) is 45.0 Å². The molecule has 0 aliphatic heterocycles. The molecule has 0 aromatic carbocycles. The first-order valence-electron chi connectivity index (χ1n) is 1.02. The molecule has 0 atom stereocenters. The maximum Gasteiger partial charge on any atom is 2.00 e. The zero-order chi connectivity index (χ0) is 2.71. The quantitative estimate of drug-likeness (QED) is 0.465. The van der Waals surface area contributed by atoms with E-state index in [0.29, 0.717) is 0 Å². The number of aliphatic hydroxyl groups excluding tert-OH is 1. The molecule has 0 saturated carbocycles. The smallest absolute Gasteiger partial charge is 1.00 e. The minimum atomic E-state index is 0. The molecule has 0 radical (unpaired) electrons. The predicted octanol–water partition coefficient (Wildman–Crippen LogP) is -5.99. The first-order chi connectivity index (χ1) is 1.41. The van der Waals surface area contributed by atoms with Crippen molar-refractivity contribution in [3.63, 3.8) is 0 Å². The van der Waals surface area contributed by atoms with E-state index < -0.39 is 0 Å². The van der Waals surface area contributed by atoms with E-state index in [4.69, 9.17) is 5.11 Å². The fourth-order valence-electron chi connectivity index (χ4n) is 0. The van der Waals surface area contributed by atoms with E-state index in [2.05, 4.69) is 0 Å². The fraction of sp³-hybridized carbons (Fsp3) is 1.00. The molecule has 0 spiro atoms. The van der Waals surface area contributed by atoms with Crippen LogP contribution in [0.5, 0.6) is 0 Å². The molecule has 0 aliphatic carbocycles. The van der Waals surface area contributed by atoms with Gasteiger partial charge in [0.15, 0.2) is 0 Å². The average Bonchev–Trinajstić information content (AvgIpc) is 0.918. The van der Waals surface area contributed by atoms with Crippen LogP contribution in [0.15, 0.2) is 0 Å². The van der Waals surface area contributed by atoms with Crippen LogP contribution in [0.1, 0.15) is 6.92 Å². The van der Waals surface area contributed by atoms with Crippen LogP contribution in [-0.4, -0.2) is 11.7 Å². The van der Waals surface area contributed by atoms with Gasteiger partial charge in [0.05, 0.1) is 0 Å². The maximum atomic E-state index is 7.57.